The highest BCUT2D eigenvalue weighted by atomic mass is 16.5. The van der Waals surface area contributed by atoms with Crippen LogP contribution in [0.15, 0.2) is 36.4 Å². The van der Waals surface area contributed by atoms with Crippen LogP contribution in [0.5, 0.6) is 11.5 Å². The number of hydrogen-bond donors (Lipinski definition) is 1. The molecule has 0 aliphatic heterocycles. The van der Waals surface area contributed by atoms with Crippen LogP contribution in [-0.2, 0) is 0 Å². The first-order valence-corrected chi connectivity index (χ1v) is 10.4. The predicted octanol–water partition coefficient (Wildman–Crippen LogP) is 4.41. The van der Waals surface area contributed by atoms with Crippen molar-refractivity contribution in [1.29, 1.82) is 0 Å². The van der Waals surface area contributed by atoms with Crippen molar-refractivity contribution in [3.05, 3.63) is 47.5 Å². The molecule has 0 atom stereocenters. The molecule has 31 heavy (non-hydrogen) atoms. The quantitative estimate of drug-likeness (QED) is 0.450. The van der Waals surface area contributed by atoms with Gasteiger partial charge in [0.25, 0.3) is 0 Å². The van der Waals surface area contributed by atoms with Crippen molar-refractivity contribution in [3.8, 4) is 23.8 Å². The lowest BCUT2D eigenvalue weighted by Gasteiger charge is -2.22. The van der Waals surface area contributed by atoms with E-state index in [1.54, 1.807) is 18.2 Å². The Morgan fingerprint density at radius 2 is 1.35 bits per heavy atom. The van der Waals surface area contributed by atoms with E-state index in [0.29, 0.717) is 23.2 Å². The van der Waals surface area contributed by atoms with E-state index >= 15 is 0 Å². The maximum atomic E-state index is 10.9. The van der Waals surface area contributed by atoms with Crippen molar-refractivity contribution in [2.24, 2.45) is 0 Å². The van der Waals surface area contributed by atoms with Crippen molar-refractivity contribution in [2.75, 3.05) is 42.6 Å². The number of nitrogens with zero attached hydrogens (tertiary/aromatic N) is 2. The highest BCUT2D eigenvalue weighted by Crippen LogP contribution is 2.25. The predicted molar refractivity (Wildman–Crippen MR) is 127 cm³/mol. The third kappa shape index (κ3) is 7.38. The summed E-state index contributed by atoms with van der Waals surface area (Å²) >= 11 is 0. The van der Waals surface area contributed by atoms with Gasteiger partial charge >= 0.3 is 0 Å². The van der Waals surface area contributed by atoms with Crippen LogP contribution in [0.2, 0.25) is 0 Å². The van der Waals surface area contributed by atoms with Crippen LogP contribution in [0.4, 0.5) is 11.4 Å². The minimum atomic E-state index is 0.0457. The first kappa shape index (κ1) is 25.6. The number of phenols is 1. The van der Waals surface area contributed by atoms with E-state index in [2.05, 4.69) is 29.6 Å². The molecule has 0 bridgehead atoms. The van der Waals surface area contributed by atoms with E-state index in [1.165, 1.54) is 0 Å². The fourth-order valence-corrected chi connectivity index (χ4v) is 3.07. The van der Waals surface area contributed by atoms with Gasteiger partial charge < -0.3 is 19.6 Å². The number of benzene rings is 2. The molecule has 0 amide bonds. The molecule has 0 spiro atoms. The van der Waals surface area contributed by atoms with E-state index in [9.17, 15) is 14.7 Å². The van der Waals surface area contributed by atoms with E-state index in [1.807, 2.05) is 32.0 Å². The number of anilines is 2. The van der Waals surface area contributed by atoms with Crippen LogP contribution in [0.25, 0.3) is 0 Å². The van der Waals surface area contributed by atoms with Crippen molar-refractivity contribution >= 4 is 23.9 Å². The zero-order chi connectivity index (χ0) is 23.2. The summed E-state index contributed by atoms with van der Waals surface area (Å²) in [7, 11) is 0. The summed E-state index contributed by atoms with van der Waals surface area (Å²) in [6.07, 6.45) is 6.57. The number of phenolic OH excluding ortho intramolecular Hbond substituents is 1. The summed E-state index contributed by atoms with van der Waals surface area (Å²) in [6.45, 7) is 12.0. The fraction of sp³-hybridized carbons (Fsp3) is 0.360. The van der Waals surface area contributed by atoms with Gasteiger partial charge in [-0.3, -0.25) is 9.59 Å². The Morgan fingerprint density at radius 1 is 0.871 bits per heavy atom. The number of carbonyl (C=O) groups excluding carboxylic acids is 2. The molecule has 2 aromatic rings. The molecule has 0 saturated heterocycles. The van der Waals surface area contributed by atoms with E-state index < -0.39 is 0 Å². The molecule has 0 heterocycles. The maximum Gasteiger partial charge on any atom is 0.153 e. The molecule has 2 rings (SSSR count). The lowest BCUT2D eigenvalue weighted by Crippen LogP contribution is -2.21. The van der Waals surface area contributed by atoms with E-state index in [-0.39, 0.29) is 12.4 Å². The average Bonchev–Trinajstić information content (AvgIpc) is 2.80. The summed E-state index contributed by atoms with van der Waals surface area (Å²) in [6, 6.07) is 10.6. The Kier molecular flexibility index (Phi) is 11.3. The topological polar surface area (TPSA) is 70.1 Å². The second kappa shape index (κ2) is 13.7. The number of terminal acetylenes is 1. The summed E-state index contributed by atoms with van der Waals surface area (Å²) in [4.78, 5) is 25.6. The van der Waals surface area contributed by atoms with Gasteiger partial charge in [-0.15, -0.1) is 6.42 Å². The molecule has 1 N–H and O–H groups in total. The monoisotopic (exact) mass is 424 g/mol. The molecule has 6 nitrogen and oxygen atoms in total. The van der Waals surface area contributed by atoms with Crippen molar-refractivity contribution in [1.82, 2.24) is 0 Å². The molecular weight excluding hydrogens is 392 g/mol. The van der Waals surface area contributed by atoms with Gasteiger partial charge in [0.1, 0.15) is 18.1 Å². The number of carbonyl (C=O) groups is 2. The Bertz CT molecular complexity index is 882. The van der Waals surface area contributed by atoms with Crippen LogP contribution in [0.1, 0.15) is 48.4 Å². The first-order chi connectivity index (χ1) is 15.0. The molecule has 166 valence electrons. The highest BCUT2D eigenvalue weighted by molar-refractivity contribution is 5.81. The third-order valence-electron chi connectivity index (χ3n) is 4.83. The molecule has 0 aliphatic carbocycles. The van der Waals surface area contributed by atoms with Gasteiger partial charge in [-0.1, -0.05) is 5.92 Å². The van der Waals surface area contributed by atoms with Gasteiger partial charge in [0.2, 0.25) is 0 Å². The Morgan fingerprint density at radius 3 is 1.77 bits per heavy atom. The van der Waals surface area contributed by atoms with Crippen LogP contribution in [-0.4, -0.2) is 50.5 Å². The number of rotatable bonds is 10. The number of aromatic hydroxyl groups is 1. The molecule has 6 heteroatoms. The molecule has 0 fully saturated rings. The molecule has 0 radical (unpaired) electrons. The Balaban J connectivity index is 0.000000316. The maximum absolute atomic E-state index is 10.9. The lowest BCUT2D eigenvalue weighted by molar-refractivity contribution is 0.111. The summed E-state index contributed by atoms with van der Waals surface area (Å²) < 4.78 is 5.36. The van der Waals surface area contributed by atoms with Gasteiger partial charge in [0.15, 0.2) is 12.6 Å². The van der Waals surface area contributed by atoms with Gasteiger partial charge in [0.05, 0.1) is 11.1 Å². The highest BCUT2D eigenvalue weighted by Gasteiger charge is 2.08. The van der Waals surface area contributed by atoms with Crippen LogP contribution >= 0.6 is 0 Å². The lowest BCUT2D eigenvalue weighted by atomic mass is 10.2. The number of hydrogen-bond acceptors (Lipinski definition) is 6. The first-order valence-electron chi connectivity index (χ1n) is 10.4. The molecular formula is C25H32N2O4. The van der Waals surface area contributed by atoms with E-state index in [0.717, 1.165) is 43.8 Å². The summed E-state index contributed by atoms with van der Waals surface area (Å²) in [5, 5.41) is 9.47. The summed E-state index contributed by atoms with van der Waals surface area (Å²) in [5.74, 6) is 2.98. The molecule has 0 unspecified atom stereocenters. The second-order valence-corrected chi connectivity index (χ2v) is 6.54. The fourth-order valence-electron chi connectivity index (χ4n) is 3.07. The molecule has 0 aromatic heterocycles. The molecule has 2 aromatic carbocycles. The SMILES string of the molecule is C#CCOc1cc(N(CC)CC)ccc1C=O.CCN(CC)c1ccc(C=O)c(O)c1. The van der Waals surface area contributed by atoms with Crippen LogP contribution < -0.4 is 14.5 Å². The van der Waals surface area contributed by atoms with Gasteiger partial charge in [-0.05, 0) is 52.0 Å². The Hall–Kier alpha value is -3.46. The van der Waals surface area contributed by atoms with Gasteiger partial charge in [-0.2, -0.15) is 0 Å². The van der Waals surface area contributed by atoms with Crippen molar-refractivity contribution < 1.29 is 19.4 Å². The normalized spacial score (nSPS) is 9.65. The largest absolute Gasteiger partial charge is 0.507 e. The number of aldehydes is 2. The molecule has 0 aliphatic rings. The minimum Gasteiger partial charge on any atom is -0.507 e. The van der Waals surface area contributed by atoms with Crippen LogP contribution in [0, 0.1) is 12.3 Å². The van der Waals surface area contributed by atoms with Gasteiger partial charge in [-0.25, -0.2) is 0 Å². The standard InChI is InChI=1S/C14H17NO2.C11H15NO2/c1-4-9-17-14-10-13(15(5-2)6-3)8-7-12(14)11-16;1-3-12(4-2)10-6-5-9(8-13)11(14)7-10/h1,7-8,10-11H,5-6,9H2,2-3H3;5-8,14H,3-4H2,1-2H3. The minimum absolute atomic E-state index is 0.0457. The van der Waals surface area contributed by atoms with Crippen LogP contribution in [0.3, 0.4) is 0 Å². The number of ether oxygens (including phenoxy) is 1. The van der Waals surface area contributed by atoms with Crippen molar-refractivity contribution in [2.45, 2.75) is 27.7 Å². The van der Waals surface area contributed by atoms with E-state index in [4.69, 9.17) is 11.2 Å². The third-order valence-corrected chi connectivity index (χ3v) is 4.83. The average molecular weight is 425 g/mol. The zero-order valence-electron chi connectivity index (χ0n) is 18.8. The van der Waals surface area contributed by atoms with Crippen molar-refractivity contribution in [3.63, 3.8) is 0 Å². The second-order valence-electron chi connectivity index (χ2n) is 6.54. The Labute approximate surface area is 185 Å². The van der Waals surface area contributed by atoms with Gasteiger partial charge in [0, 0.05) is 49.7 Å². The summed E-state index contributed by atoms with van der Waals surface area (Å²) in [5.41, 5.74) is 2.84. The zero-order valence-corrected chi connectivity index (χ0v) is 18.8. The smallest absolute Gasteiger partial charge is 0.153 e. The molecule has 0 saturated carbocycles.